The lowest BCUT2D eigenvalue weighted by atomic mass is 10.2. The highest BCUT2D eigenvalue weighted by atomic mass is 16.3. The molecule has 1 N–H and O–H groups in total. The van der Waals surface area contributed by atoms with E-state index in [1.165, 1.54) is 0 Å². The highest BCUT2D eigenvalue weighted by molar-refractivity contribution is 5.90. The molecule has 27 heavy (non-hydrogen) atoms. The van der Waals surface area contributed by atoms with E-state index in [9.17, 15) is 4.79 Å². The molecule has 6 nitrogen and oxygen atoms in total. The Morgan fingerprint density at radius 1 is 1.11 bits per heavy atom. The summed E-state index contributed by atoms with van der Waals surface area (Å²) in [6.45, 7) is 0.298. The monoisotopic (exact) mass is 358 g/mol. The van der Waals surface area contributed by atoms with Gasteiger partial charge in [0.05, 0.1) is 12.2 Å². The molecule has 1 amide bonds. The molecular weight excluding hydrogens is 340 g/mol. The number of carbonyl (C=O) groups excluding carboxylic acids is 1. The first kappa shape index (κ1) is 15.8. The number of furan rings is 1. The molecule has 1 aliphatic rings. The lowest BCUT2D eigenvalue weighted by Crippen LogP contribution is -2.24. The Kier molecular flexibility index (Phi) is 3.74. The first-order valence-electron chi connectivity index (χ1n) is 9.06. The molecule has 2 heterocycles. The van der Waals surface area contributed by atoms with Crippen molar-refractivity contribution >= 4 is 16.9 Å². The summed E-state index contributed by atoms with van der Waals surface area (Å²) in [4.78, 5) is 17.1. The van der Waals surface area contributed by atoms with Crippen LogP contribution in [-0.2, 0) is 6.54 Å². The minimum absolute atomic E-state index is 0.192. The fourth-order valence-corrected chi connectivity index (χ4v) is 3.16. The lowest BCUT2D eigenvalue weighted by molar-refractivity contribution is 0.0938. The van der Waals surface area contributed by atoms with Crippen LogP contribution in [0.3, 0.4) is 0 Å². The molecule has 134 valence electrons. The van der Waals surface area contributed by atoms with Gasteiger partial charge in [0, 0.05) is 11.3 Å². The van der Waals surface area contributed by atoms with Crippen LogP contribution in [0.4, 0.5) is 0 Å². The van der Waals surface area contributed by atoms with Gasteiger partial charge in [-0.15, -0.1) is 5.10 Å². The molecule has 2 aromatic heterocycles. The standard InChI is InChI=1S/C21H18N4O2/c26-21(22-13-17-12-15-6-4-5-9-18(15)27-17)19-23-20(14-10-11-14)25(24-19)16-7-2-1-3-8-16/h1-9,12,14H,10-11,13H2,(H,22,26). The maximum absolute atomic E-state index is 12.6. The number of carbonyl (C=O) groups is 1. The molecule has 5 rings (SSSR count). The Morgan fingerprint density at radius 3 is 2.67 bits per heavy atom. The van der Waals surface area contributed by atoms with Gasteiger partial charge in [-0.3, -0.25) is 4.79 Å². The average Bonchev–Trinajstić information content (AvgIpc) is 3.31. The van der Waals surface area contributed by atoms with E-state index in [1.54, 1.807) is 4.68 Å². The Bertz CT molecular complexity index is 1080. The van der Waals surface area contributed by atoms with E-state index >= 15 is 0 Å². The van der Waals surface area contributed by atoms with Crippen molar-refractivity contribution in [1.29, 1.82) is 0 Å². The lowest BCUT2D eigenvalue weighted by Gasteiger charge is -2.03. The summed E-state index contributed by atoms with van der Waals surface area (Å²) in [5, 5.41) is 8.33. The SMILES string of the molecule is O=C(NCc1cc2ccccc2o1)c1nc(C2CC2)n(-c2ccccc2)n1. The van der Waals surface area contributed by atoms with E-state index in [0.29, 0.717) is 18.2 Å². The van der Waals surface area contributed by atoms with Crippen LogP contribution < -0.4 is 5.32 Å². The van der Waals surface area contributed by atoms with Crippen LogP contribution in [0.15, 0.2) is 65.1 Å². The molecule has 0 bridgehead atoms. The van der Waals surface area contributed by atoms with Crippen LogP contribution in [0.2, 0.25) is 0 Å². The van der Waals surface area contributed by atoms with Gasteiger partial charge >= 0.3 is 0 Å². The molecule has 4 aromatic rings. The number of amides is 1. The number of benzene rings is 2. The first-order valence-corrected chi connectivity index (χ1v) is 9.06. The zero-order chi connectivity index (χ0) is 18.2. The minimum Gasteiger partial charge on any atom is -0.459 e. The predicted molar refractivity (Wildman–Crippen MR) is 101 cm³/mol. The Balaban J connectivity index is 1.37. The van der Waals surface area contributed by atoms with Crippen LogP contribution in [0, 0.1) is 0 Å². The second-order valence-corrected chi connectivity index (χ2v) is 6.75. The summed E-state index contributed by atoms with van der Waals surface area (Å²) >= 11 is 0. The summed E-state index contributed by atoms with van der Waals surface area (Å²) in [5.41, 5.74) is 1.73. The van der Waals surface area contributed by atoms with Gasteiger partial charge in [0.2, 0.25) is 5.82 Å². The van der Waals surface area contributed by atoms with Crippen molar-refractivity contribution in [3.05, 3.63) is 78.1 Å². The molecule has 2 aromatic carbocycles. The van der Waals surface area contributed by atoms with Crippen molar-refractivity contribution in [1.82, 2.24) is 20.1 Å². The number of rotatable bonds is 5. The highest BCUT2D eigenvalue weighted by Crippen LogP contribution is 2.39. The van der Waals surface area contributed by atoms with Gasteiger partial charge in [-0.25, -0.2) is 9.67 Å². The van der Waals surface area contributed by atoms with E-state index in [2.05, 4.69) is 15.4 Å². The van der Waals surface area contributed by atoms with Crippen molar-refractivity contribution in [2.45, 2.75) is 25.3 Å². The Labute approximate surface area is 155 Å². The number of aromatic nitrogens is 3. The maximum Gasteiger partial charge on any atom is 0.291 e. The summed E-state index contributed by atoms with van der Waals surface area (Å²) in [6.07, 6.45) is 2.18. The molecule has 1 aliphatic carbocycles. The second kappa shape index (κ2) is 6.39. The normalized spacial score (nSPS) is 13.8. The van der Waals surface area contributed by atoms with E-state index < -0.39 is 0 Å². The zero-order valence-electron chi connectivity index (χ0n) is 14.6. The van der Waals surface area contributed by atoms with Crippen LogP contribution in [0.1, 0.15) is 41.0 Å². The molecule has 1 saturated carbocycles. The van der Waals surface area contributed by atoms with Gasteiger partial charge in [0.1, 0.15) is 17.2 Å². The quantitative estimate of drug-likeness (QED) is 0.589. The number of fused-ring (bicyclic) bond motifs is 1. The smallest absolute Gasteiger partial charge is 0.291 e. The van der Waals surface area contributed by atoms with E-state index in [0.717, 1.165) is 35.3 Å². The van der Waals surface area contributed by atoms with Crippen molar-refractivity contribution < 1.29 is 9.21 Å². The Hall–Kier alpha value is -3.41. The molecule has 0 spiro atoms. The number of hydrogen-bond donors (Lipinski definition) is 1. The van der Waals surface area contributed by atoms with Gasteiger partial charge in [-0.05, 0) is 37.1 Å². The van der Waals surface area contributed by atoms with Crippen LogP contribution in [-0.4, -0.2) is 20.7 Å². The highest BCUT2D eigenvalue weighted by Gasteiger charge is 2.31. The molecule has 0 atom stereocenters. The molecule has 0 radical (unpaired) electrons. The number of nitrogens with one attached hydrogen (secondary N) is 1. The van der Waals surface area contributed by atoms with Gasteiger partial charge in [-0.1, -0.05) is 36.4 Å². The van der Waals surface area contributed by atoms with Gasteiger partial charge in [0.15, 0.2) is 0 Å². The fraction of sp³-hybridized carbons (Fsp3) is 0.190. The molecule has 0 unspecified atom stereocenters. The van der Waals surface area contributed by atoms with Gasteiger partial charge in [-0.2, -0.15) is 0 Å². The van der Waals surface area contributed by atoms with Gasteiger partial charge in [0.25, 0.3) is 5.91 Å². The minimum atomic E-state index is -0.299. The van der Waals surface area contributed by atoms with Crippen LogP contribution >= 0.6 is 0 Å². The third-order valence-corrected chi connectivity index (χ3v) is 4.68. The fourth-order valence-electron chi connectivity index (χ4n) is 3.16. The van der Waals surface area contributed by atoms with Crippen molar-refractivity contribution in [3.63, 3.8) is 0 Å². The van der Waals surface area contributed by atoms with Crippen LogP contribution in [0.5, 0.6) is 0 Å². The zero-order valence-corrected chi connectivity index (χ0v) is 14.6. The van der Waals surface area contributed by atoms with E-state index in [4.69, 9.17) is 4.42 Å². The number of para-hydroxylation sites is 2. The Morgan fingerprint density at radius 2 is 1.89 bits per heavy atom. The summed E-state index contributed by atoms with van der Waals surface area (Å²) in [5.74, 6) is 1.84. The topological polar surface area (TPSA) is 73.0 Å². The second-order valence-electron chi connectivity index (χ2n) is 6.75. The summed E-state index contributed by atoms with van der Waals surface area (Å²) in [7, 11) is 0. The van der Waals surface area contributed by atoms with Crippen molar-refractivity contribution in [2.24, 2.45) is 0 Å². The van der Waals surface area contributed by atoms with E-state index in [1.807, 2.05) is 60.7 Å². The maximum atomic E-state index is 12.6. The third kappa shape index (κ3) is 3.10. The largest absolute Gasteiger partial charge is 0.459 e. The third-order valence-electron chi connectivity index (χ3n) is 4.68. The molecular formula is C21H18N4O2. The molecule has 0 saturated heterocycles. The summed E-state index contributed by atoms with van der Waals surface area (Å²) in [6, 6.07) is 19.5. The molecule has 1 fully saturated rings. The first-order chi connectivity index (χ1) is 13.3. The predicted octanol–water partition coefficient (Wildman–Crippen LogP) is 3.82. The number of nitrogens with zero attached hydrogens (tertiary/aromatic N) is 3. The van der Waals surface area contributed by atoms with Crippen molar-refractivity contribution in [3.8, 4) is 5.69 Å². The van der Waals surface area contributed by atoms with E-state index in [-0.39, 0.29) is 11.7 Å². The number of hydrogen-bond acceptors (Lipinski definition) is 4. The molecule has 6 heteroatoms. The van der Waals surface area contributed by atoms with Gasteiger partial charge < -0.3 is 9.73 Å². The average molecular weight is 358 g/mol. The van der Waals surface area contributed by atoms with Crippen molar-refractivity contribution in [2.75, 3.05) is 0 Å². The molecule has 0 aliphatic heterocycles. The van der Waals surface area contributed by atoms with Crippen LogP contribution in [0.25, 0.3) is 16.7 Å². The summed E-state index contributed by atoms with van der Waals surface area (Å²) < 4.78 is 7.53.